The lowest BCUT2D eigenvalue weighted by molar-refractivity contribution is 0.357. The van der Waals surface area contributed by atoms with E-state index in [1.54, 1.807) is 12.5 Å². The predicted octanol–water partition coefficient (Wildman–Crippen LogP) is 3.03. The standard InChI is InChI=1S/C14H25N3/c1-11(2)7-14(8-12(3)4)16-9-13-5-6-15-10-17-13/h5-6,10-12,14,16H,7-9H2,1-4H3. The van der Waals surface area contributed by atoms with Crippen molar-refractivity contribution in [3.63, 3.8) is 0 Å². The third-order valence-corrected chi connectivity index (χ3v) is 2.73. The Morgan fingerprint density at radius 1 is 1.12 bits per heavy atom. The molecule has 0 radical (unpaired) electrons. The summed E-state index contributed by atoms with van der Waals surface area (Å²) in [5.41, 5.74) is 1.07. The molecule has 0 spiro atoms. The average Bonchev–Trinajstić information content (AvgIpc) is 2.26. The van der Waals surface area contributed by atoms with Gasteiger partial charge in [-0.3, -0.25) is 0 Å². The van der Waals surface area contributed by atoms with Crippen molar-refractivity contribution < 1.29 is 0 Å². The third-order valence-electron chi connectivity index (χ3n) is 2.73. The van der Waals surface area contributed by atoms with Gasteiger partial charge in [-0.1, -0.05) is 27.7 Å². The minimum atomic E-state index is 0.588. The normalized spacial score (nSPS) is 11.7. The molecule has 0 aliphatic rings. The van der Waals surface area contributed by atoms with Gasteiger partial charge in [0, 0.05) is 18.8 Å². The molecule has 0 bridgehead atoms. The van der Waals surface area contributed by atoms with E-state index in [4.69, 9.17) is 0 Å². The lowest BCUT2D eigenvalue weighted by Gasteiger charge is -2.22. The van der Waals surface area contributed by atoms with E-state index >= 15 is 0 Å². The fraction of sp³-hybridized carbons (Fsp3) is 0.714. The van der Waals surface area contributed by atoms with Crippen LogP contribution in [0.1, 0.15) is 46.2 Å². The summed E-state index contributed by atoms with van der Waals surface area (Å²) in [6.45, 7) is 9.95. The van der Waals surface area contributed by atoms with Crippen LogP contribution in [0.2, 0.25) is 0 Å². The Balaban J connectivity index is 2.43. The van der Waals surface area contributed by atoms with Crippen LogP contribution in [0.4, 0.5) is 0 Å². The van der Waals surface area contributed by atoms with Crippen molar-refractivity contribution in [3.8, 4) is 0 Å². The Kier molecular flexibility index (Phi) is 6.12. The van der Waals surface area contributed by atoms with Crippen molar-refractivity contribution in [2.24, 2.45) is 11.8 Å². The molecule has 17 heavy (non-hydrogen) atoms. The molecule has 1 aromatic heterocycles. The van der Waals surface area contributed by atoms with Crippen LogP contribution in [0.5, 0.6) is 0 Å². The molecule has 0 aliphatic carbocycles. The molecule has 0 fully saturated rings. The van der Waals surface area contributed by atoms with Gasteiger partial charge >= 0.3 is 0 Å². The van der Waals surface area contributed by atoms with Gasteiger partial charge in [0.25, 0.3) is 0 Å². The molecule has 0 saturated carbocycles. The molecular weight excluding hydrogens is 210 g/mol. The first kappa shape index (κ1) is 14.1. The van der Waals surface area contributed by atoms with Gasteiger partial charge in [-0.2, -0.15) is 0 Å². The van der Waals surface area contributed by atoms with E-state index in [0.717, 1.165) is 24.1 Å². The van der Waals surface area contributed by atoms with E-state index in [-0.39, 0.29) is 0 Å². The minimum Gasteiger partial charge on any atom is -0.308 e. The third kappa shape index (κ3) is 6.37. The van der Waals surface area contributed by atoms with Gasteiger partial charge in [0.1, 0.15) is 6.33 Å². The van der Waals surface area contributed by atoms with Gasteiger partial charge in [0.15, 0.2) is 0 Å². The Bertz CT molecular complexity index is 286. The highest BCUT2D eigenvalue weighted by atomic mass is 14.9. The molecule has 0 aliphatic heterocycles. The summed E-state index contributed by atoms with van der Waals surface area (Å²) < 4.78 is 0. The Morgan fingerprint density at radius 3 is 2.24 bits per heavy atom. The molecule has 3 heteroatoms. The maximum atomic E-state index is 4.24. The van der Waals surface area contributed by atoms with Crippen LogP contribution in [-0.2, 0) is 6.54 Å². The topological polar surface area (TPSA) is 37.8 Å². The molecule has 0 saturated heterocycles. The fourth-order valence-electron chi connectivity index (χ4n) is 2.07. The quantitative estimate of drug-likeness (QED) is 0.789. The molecule has 0 atom stereocenters. The van der Waals surface area contributed by atoms with E-state index in [2.05, 4.69) is 43.0 Å². The summed E-state index contributed by atoms with van der Waals surface area (Å²) in [6.07, 6.45) is 5.85. The van der Waals surface area contributed by atoms with Gasteiger partial charge in [0.05, 0.1) is 5.69 Å². The van der Waals surface area contributed by atoms with Crippen LogP contribution in [-0.4, -0.2) is 16.0 Å². The van der Waals surface area contributed by atoms with Crippen LogP contribution in [0.15, 0.2) is 18.6 Å². The van der Waals surface area contributed by atoms with Crippen LogP contribution < -0.4 is 5.32 Å². The predicted molar refractivity (Wildman–Crippen MR) is 71.6 cm³/mol. The second kappa shape index (κ2) is 7.38. The van der Waals surface area contributed by atoms with Crippen LogP contribution >= 0.6 is 0 Å². The van der Waals surface area contributed by atoms with Gasteiger partial charge in [-0.05, 0) is 30.7 Å². The summed E-state index contributed by atoms with van der Waals surface area (Å²) in [7, 11) is 0. The zero-order valence-corrected chi connectivity index (χ0v) is 11.5. The zero-order valence-electron chi connectivity index (χ0n) is 11.5. The van der Waals surface area contributed by atoms with Gasteiger partial charge in [-0.15, -0.1) is 0 Å². The zero-order chi connectivity index (χ0) is 12.7. The maximum Gasteiger partial charge on any atom is 0.115 e. The van der Waals surface area contributed by atoms with Crippen molar-refractivity contribution in [2.45, 2.75) is 53.1 Å². The van der Waals surface area contributed by atoms with Gasteiger partial charge < -0.3 is 5.32 Å². The summed E-state index contributed by atoms with van der Waals surface area (Å²) in [4.78, 5) is 8.17. The molecular formula is C14H25N3. The number of aromatic nitrogens is 2. The maximum absolute atomic E-state index is 4.24. The van der Waals surface area contributed by atoms with E-state index in [9.17, 15) is 0 Å². The average molecular weight is 235 g/mol. The van der Waals surface area contributed by atoms with Crippen molar-refractivity contribution in [3.05, 3.63) is 24.3 Å². The molecule has 0 amide bonds. The highest BCUT2D eigenvalue weighted by Crippen LogP contribution is 2.13. The number of rotatable bonds is 7. The smallest absolute Gasteiger partial charge is 0.115 e. The number of hydrogen-bond donors (Lipinski definition) is 1. The fourth-order valence-corrected chi connectivity index (χ4v) is 2.07. The SMILES string of the molecule is CC(C)CC(CC(C)C)NCc1ccncn1. The van der Waals surface area contributed by atoms with E-state index in [0.29, 0.717) is 6.04 Å². The molecule has 1 rings (SSSR count). The largest absolute Gasteiger partial charge is 0.308 e. The Hall–Kier alpha value is -0.960. The van der Waals surface area contributed by atoms with E-state index in [1.807, 2.05) is 6.07 Å². The lowest BCUT2D eigenvalue weighted by Crippen LogP contribution is -2.31. The minimum absolute atomic E-state index is 0.588. The summed E-state index contributed by atoms with van der Waals surface area (Å²) in [5.74, 6) is 1.47. The van der Waals surface area contributed by atoms with E-state index < -0.39 is 0 Å². The summed E-state index contributed by atoms with van der Waals surface area (Å²) in [6, 6.07) is 2.56. The Labute approximate surface area is 105 Å². The van der Waals surface area contributed by atoms with Gasteiger partial charge in [-0.25, -0.2) is 9.97 Å². The van der Waals surface area contributed by atoms with E-state index in [1.165, 1.54) is 12.8 Å². The first-order valence-electron chi connectivity index (χ1n) is 6.56. The van der Waals surface area contributed by atoms with Crippen LogP contribution in [0, 0.1) is 11.8 Å². The highest BCUT2D eigenvalue weighted by molar-refractivity contribution is 4.97. The van der Waals surface area contributed by atoms with Crippen molar-refractivity contribution in [1.29, 1.82) is 0 Å². The lowest BCUT2D eigenvalue weighted by atomic mass is 9.95. The van der Waals surface area contributed by atoms with Crippen molar-refractivity contribution >= 4 is 0 Å². The van der Waals surface area contributed by atoms with Crippen molar-refractivity contribution in [2.75, 3.05) is 0 Å². The Morgan fingerprint density at radius 2 is 1.76 bits per heavy atom. The molecule has 1 aromatic rings. The molecule has 0 unspecified atom stereocenters. The first-order valence-corrected chi connectivity index (χ1v) is 6.56. The molecule has 1 heterocycles. The monoisotopic (exact) mass is 235 g/mol. The summed E-state index contributed by atoms with van der Waals surface area (Å²) >= 11 is 0. The van der Waals surface area contributed by atoms with Crippen LogP contribution in [0.25, 0.3) is 0 Å². The van der Waals surface area contributed by atoms with Crippen LogP contribution in [0.3, 0.4) is 0 Å². The number of nitrogens with zero attached hydrogens (tertiary/aromatic N) is 2. The molecule has 96 valence electrons. The highest BCUT2D eigenvalue weighted by Gasteiger charge is 2.12. The molecule has 1 N–H and O–H groups in total. The second-order valence-electron chi connectivity index (χ2n) is 5.54. The number of hydrogen-bond acceptors (Lipinski definition) is 3. The first-order chi connectivity index (χ1) is 8.08. The molecule has 3 nitrogen and oxygen atoms in total. The van der Waals surface area contributed by atoms with Gasteiger partial charge in [0.2, 0.25) is 0 Å². The number of nitrogens with one attached hydrogen (secondary N) is 1. The second-order valence-corrected chi connectivity index (χ2v) is 5.54. The van der Waals surface area contributed by atoms with Crippen molar-refractivity contribution in [1.82, 2.24) is 15.3 Å². The molecule has 0 aromatic carbocycles. The summed E-state index contributed by atoms with van der Waals surface area (Å²) in [5, 5.41) is 3.61.